The molecule has 0 aliphatic carbocycles. The van der Waals surface area contributed by atoms with Crippen LogP contribution >= 0.6 is 0 Å². The number of carbonyl (C=O) groups is 2. The minimum absolute atomic E-state index is 0.0547. The number of carbonyl (C=O) groups excluding carboxylic acids is 2. The molecule has 9 heteroatoms. The summed E-state index contributed by atoms with van der Waals surface area (Å²) in [5, 5.41) is 0. The molecule has 0 saturated carbocycles. The van der Waals surface area contributed by atoms with E-state index in [-0.39, 0.29) is 6.54 Å². The number of rotatable bonds is 6. The monoisotopic (exact) mass is 384 g/mol. The summed E-state index contributed by atoms with van der Waals surface area (Å²) in [5.74, 6) is -0.465. The molecule has 8 nitrogen and oxygen atoms in total. The molecule has 0 aliphatic heterocycles. The van der Waals surface area contributed by atoms with Crippen LogP contribution in [0.5, 0.6) is 0 Å². The van der Waals surface area contributed by atoms with E-state index >= 15 is 0 Å². The van der Waals surface area contributed by atoms with Crippen molar-refractivity contribution in [3.8, 4) is 0 Å². The number of amides is 1. The first kappa shape index (κ1) is 21.7. The molecule has 0 atom stereocenters. The lowest BCUT2D eigenvalue weighted by molar-refractivity contribution is -0.134. The third-order valence-electron chi connectivity index (χ3n) is 3.02. The third-order valence-corrected chi connectivity index (χ3v) is 4.39. The zero-order valence-electron chi connectivity index (χ0n) is 15.5. The van der Waals surface area contributed by atoms with Gasteiger partial charge in [0.1, 0.15) is 5.60 Å². The Morgan fingerprint density at radius 1 is 1.19 bits per heavy atom. The SMILES string of the molecule is COC(=O)C=Cc1ccc(CN(C)S(=O)(=O)NC(=O)OC(C)(C)C)cc1. The number of esters is 1. The van der Waals surface area contributed by atoms with Crippen molar-refractivity contribution in [1.82, 2.24) is 9.03 Å². The maximum absolute atomic E-state index is 12.2. The van der Waals surface area contributed by atoms with Crippen molar-refractivity contribution in [3.05, 3.63) is 41.5 Å². The van der Waals surface area contributed by atoms with Crippen LogP contribution in [0, 0.1) is 0 Å². The lowest BCUT2D eigenvalue weighted by atomic mass is 10.1. The summed E-state index contributed by atoms with van der Waals surface area (Å²) >= 11 is 0. The second kappa shape index (κ2) is 8.81. The minimum atomic E-state index is -4.03. The van der Waals surface area contributed by atoms with E-state index in [9.17, 15) is 18.0 Å². The fourth-order valence-corrected chi connectivity index (χ4v) is 2.52. The molecule has 0 aromatic heterocycles. The quantitative estimate of drug-likeness (QED) is 0.595. The van der Waals surface area contributed by atoms with Crippen LogP contribution in [0.4, 0.5) is 4.79 Å². The average Bonchev–Trinajstić information content (AvgIpc) is 2.51. The maximum Gasteiger partial charge on any atom is 0.422 e. The van der Waals surface area contributed by atoms with Crippen LogP contribution in [-0.2, 0) is 31.0 Å². The predicted octanol–water partition coefficient (Wildman–Crippen LogP) is 2.07. The second-order valence-electron chi connectivity index (χ2n) is 6.46. The van der Waals surface area contributed by atoms with Gasteiger partial charge in [-0.05, 0) is 38.0 Å². The number of ether oxygens (including phenoxy) is 2. The zero-order chi connectivity index (χ0) is 20.0. The largest absolute Gasteiger partial charge is 0.466 e. The van der Waals surface area contributed by atoms with Crippen molar-refractivity contribution in [1.29, 1.82) is 0 Å². The highest BCUT2D eigenvalue weighted by Crippen LogP contribution is 2.11. The molecule has 1 amide bonds. The van der Waals surface area contributed by atoms with Crippen LogP contribution in [-0.4, -0.2) is 44.5 Å². The number of nitrogens with one attached hydrogen (secondary N) is 1. The number of nitrogens with zero attached hydrogens (tertiary/aromatic N) is 1. The van der Waals surface area contributed by atoms with Crippen molar-refractivity contribution in [2.75, 3.05) is 14.2 Å². The number of hydrogen-bond acceptors (Lipinski definition) is 6. The van der Waals surface area contributed by atoms with Crippen LogP contribution in [0.25, 0.3) is 6.08 Å². The molecule has 1 aromatic carbocycles. The first-order chi connectivity index (χ1) is 11.9. The van der Waals surface area contributed by atoms with E-state index in [0.29, 0.717) is 5.56 Å². The molecule has 0 saturated heterocycles. The molecule has 0 heterocycles. The van der Waals surface area contributed by atoms with E-state index in [0.717, 1.165) is 9.87 Å². The zero-order valence-corrected chi connectivity index (χ0v) is 16.3. The Hall–Kier alpha value is -2.39. The fraction of sp³-hybridized carbons (Fsp3) is 0.412. The first-order valence-corrected chi connectivity index (χ1v) is 9.19. The molecule has 0 bridgehead atoms. The molecule has 1 aromatic rings. The Bertz CT molecular complexity index is 763. The van der Waals surface area contributed by atoms with E-state index < -0.39 is 27.9 Å². The highest BCUT2D eigenvalue weighted by atomic mass is 32.2. The topological polar surface area (TPSA) is 102 Å². The van der Waals surface area contributed by atoms with Crippen molar-refractivity contribution in [3.63, 3.8) is 0 Å². The molecule has 0 aliphatic rings. The van der Waals surface area contributed by atoms with Gasteiger partial charge in [0.25, 0.3) is 0 Å². The molecule has 26 heavy (non-hydrogen) atoms. The van der Waals surface area contributed by atoms with Gasteiger partial charge in [0.2, 0.25) is 0 Å². The standard InChI is InChI=1S/C17H24N2O6S/c1-17(2,3)25-16(21)18-26(22,23)19(4)12-14-8-6-13(7-9-14)10-11-15(20)24-5/h6-11H,12H2,1-5H3,(H,18,21). The van der Waals surface area contributed by atoms with E-state index in [4.69, 9.17) is 4.74 Å². The van der Waals surface area contributed by atoms with Gasteiger partial charge >= 0.3 is 22.3 Å². The molecule has 144 valence electrons. The van der Waals surface area contributed by atoms with E-state index in [1.165, 1.54) is 20.2 Å². The van der Waals surface area contributed by atoms with E-state index in [2.05, 4.69) is 4.74 Å². The molecular formula is C17H24N2O6S. The Kier molecular flexibility index (Phi) is 7.34. The lowest BCUT2D eigenvalue weighted by Gasteiger charge is -2.22. The van der Waals surface area contributed by atoms with Gasteiger partial charge < -0.3 is 9.47 Å². The van der Waals surface area contributed by atoms with E-state index in [1.807, 2.05) is 4.72 Å². The molecule has 0 unspecified atom stereocenters. The summed E-state index contributed by atoms with van der Waals surface area (Å²) in [7, 11) is -1.40. The first-order valence-electron chi connectivity index (χ1n) is 7.75. The van der Waals surface area contributed by atoms with Crippen molar-refractivity contribution < 1.29 is 27.5 Å². The maximum atomic E-state index is 12.2. The second-order valence-corrected chi connectivity index (χ2v) is 8.24. The van der Waals surface area contributed by atoms with Gasteiger partial charge in [-0.1, -0.05) is 24.3 Å². The lowest BCUT2D eigenvalue weighted by Crippen LogP contribution is -2.43. The average molecular weight is 384 g/mol. The van der Waals surface area contributed by atoms with Gasteiger partial charge in [0.15, 0.2) is 0 Å². The normalized spacial score (nSPS) is 12.2. The van der Waals surface area contributed by atoms with Crippen LogP contribution in [0.3, 0.4) is 0 Å². The van der Waals surface area contributed by atoms with Crippen LogP contribution in [0.15, 0.2) is 30.3 Å². The van der Waals surface area contributed by atoms with Gasteiger partial charge in [0.05, 0.1) is 7.11 Å². The summed E-state index contributed by atoms with van der Waals surface area (Å²) in [6, 6.07) is 6.90. The molecule has 0 spiro atoms. The Morgan fingerprint density at radius 3 is 2.27 bits per heavy atom. The molecule has 1 rings (SSSR count). The summed E-state index contributed by atoms with van der Waals surface area (Å²) < 4.78 is 36.6. The number of hydrogen-bond donors (Lipinski definition) is 1. The van der Waals surface area contributed by atoms with Crippen molar-refractivity contribution in [2.45, 2.75) is 32.9 Å². The van der Waals surface area contributed by atoms with Gasteiger partial charge in [-0.3, -0.25) is 0 Å². The number of methoxy groups -OCH3 is 1. The summed E-state index contributed by atoms with van der Waals surface area (Å²) in [6.07, 6.45) is 1.84. The van der Waals surface area contributed by atoms with Gasteiger partial charge in [-0.15, -0.1) is 0 Å². The minimum Gasteiger partial charge on any atom is -0.466 e. The van der Waals surface area contributed by atoms with Crippen molar-refractivity contribution >= 4 is 28.3 Å². The van der Waals surface area contributed by atoms with Crippen LogP contribution < -0.4 is 4.72 Å². The molecule has 0 fully saturated rings. The summed E-state index contributed by atoms with van der Waals surface area (Å²) in [6.45, 7) is 4.97. The van der Waals surface area contributed by atoms with Gasteiger partial charge in [0, 0.05) is 19.7 Å². The van der Waals surface area contributed by atoms with Crippen molar-refractivity contribution in [2.24, 2.45) is 0 Å². The highest BCUT2D eigenvalue weighted by molar-refractivity contribution is 7.87. The Labute approximate surface area is 154 Å². The summed E-state index contributed by atoms with van der Waals surface area (Å²) in [4.78, 5) is 22.7. The smallest absolute Gasteiger partial charge is 0.422 e. The third kappa shape index (κ3) is 7.66. The Morgan fingerprint density at radius 2 is 1.77 bits per heavy atom. The molecule has 0 radical (unpaired) electrons. The fourth-order valence-electron chi connectivity index (χ4n) is 1.79. The molecular weight excluding hydrogens is 360 g/mol. The summed E-state index contributed by atoms with van der Waals surface area (Å²) in [5.41, 5.74) is 0.667. The highest BCUT2D eigenvalue weighted by Gasteiger charge is 2.24. The predicted molar refractivity (Wildman–Crippen MR) is 97.2 cm³/mol. The molecule has 1 N–H and O–H groups in total. The van der Waals surface area contributed by atoms with E-state index in [1.54, 1.807) is 51.1 Å². The van der Waals surface area contributed by atoms with Crippen LogP contribution in [0.2, 0.25) is 0 Å². The van der Waals surface area contributed by atoms with Gasteiger partial charge in [-0.2, -0.15) is 12.7 Å². The van der Waals surface area contributed by atoms with Gasteiger partial charge in [-0.25, -0.2) is 14.3 Å². The number of benzene rings is 1. The van der Waals surface area contributed by atoms with Crippen LogP contribution in [0.1, 0.15) is 31.9 Å². The Balaban J connectivity index is 2.71.